The molecule has 0 aliphatic carbocycles. The number of hydrogen-bond donors (Lipinski definition) is 0. The molecule has 0 aromatic carbocycles. The summed E-state index contributed by atoms with van der Waals surface area (Å²) < 4.78 is 41.3. The van der Waals surface area contributed by atoms with Crippen LogP contribution in [0.25, 0.3) is 0 Å². The summed E-state index contributed by atoms with van der Waals surface area (Å²) >= 11 is 0. The average molecular weight is 1230 g/mol. The van der Waals surface area contributed by atoms with Crippen molar-refractivity contribution in [2.75, 3.05) is 26.3 Å². The molecule has 0 fully saturated rings. The number of unbranched alkanes of at least 4 members (excludes halogenated alkanes) is 24. The van der Waals surface area contributed by atoms with Gasteiger partial charge in [0.1, 0.15) is 29.4 Å². The number of phosphoric acid groups is 1. The van der Waals surface area contributed by atoms with E-state index >= 15 is 0 Å². The number of rotatable bonds is 46. The number of carbonyl (C=O) groups excluding carboxylic acids is 2. The van der Waals surface area contributed by atoms with Crippen molar-refractivity contribution in [1.29, 1.82) is 0 Å². The molecule has 2 aromatic heterocycles. The van der Waals surface area contributed by atoms with E-state index in [1.54, 1.807) is 21.6 Å². The summed E-state index contributed by atoms with van der Waals surface area (Å²) in [7, 11) is -5.24. The summed E-state index contributed by atoms with van der Waals surface area (Å²) in [4.78, 5) is 55.7. The summed E-state index contributed by atoms with van der Waals surface area (Å²) in [6, 6.07) is 25.0. The Morgan fingerprint density at radius 1 is 0.466 bits per heavy atom. The third-order valence-electron chi connectivity index (χ3n) is 14.9. The standard InChI is InChI=1S/C35H69O8P.C17H21N5.C17H17N5/c1-3-5-7-9-11-13-15-17-19-21-23-25-27-29-34(36)41-31-33(32-42-44(38,39)40)43-35(37)30-28-26-24-22-20-18-16-14-12-10-8-6-4-2;2*1-3-19-8-10-21(14-19)12-16-6-5-7-17(18-16)13-22-11-9-20(4-2)15-22/h33H,3-32H2,1-2H3,(H2,38,39,40);5-11H,3-4,12-13H2,1-2H3;3-11H,1-2,12-13H2/q;2*+4/p-2. The SMILES string of the molecule is C=C[N+]1=C=[N+](Cc2cccc(C[N+]3=C=[N+](C=C)C=C3)n2)C=C1.CCCCCCCCCCCCCCCC(=O)OCC(COP(=O)([O-])[O-])OC(=O)CCCCCCCCCCCCCCC.CC[N+]1=C=[N+](Cc2cccc(C[N+]3=C=[N+](CC)C=C3)n2)C=C1. The molecule has 0 radical (unpaired) electrons. The fourth-order valence-electron chi connectivity index (χ4n) is 9.90. The summed E-state index contributed by atoms with van der Waals surface area (Å²) in [5.41, 5.74) is 4.07. The molecule has 18 nitrogen and oxygen atoms in total. The van der Waals surface area contributed by atoms with Crippen LogP contribution in [-0.4, -0.2) is 115 Å². The van der Waals surface area contributed by atoms with Crippen molar-refractivity contribution in [2.45, 2.75) is 240 Å². The lowest BCUT2D eigenvalue weighted by Crippen LogP contribution is -2.31. The van der Waals surface area contributed by atoms with E-state index in [0.29, 0.717) is 25.9 Å². The molecular weight excluding hydrogens is 1130 g/mol. The van der Waals surface area contributed by atoms with Crippen molar-refractivity contribution in [2.24, 2.45) is 0 Å². The van der Waals surface area contributed by atoms with Gasteiger partial charge in [0.25, 0.3) is 12.4 Å². The topological polar surface area (TPSA) is 175 Å². The van der Waals surface area contributed by atoms with Gasteiger partial charge in [0.05, 0.1) is 14.4 Å². The van der Waals surface area contributed by atoms with E-state index in [-0.39, 0.29) is 19.4 Å². The third-order valence-corrected chi connectivity index (χ3v) is 15.4. The van der Waals surface area contributed by atoms with E-state index in [2.05, 4.69) is 92.6 Å². The van der Waals surface area contributed by atoms with Gasteiger partial charge in [0, 0.05) is 12.8 Å². The molecule has 0 amide bonds. The minimum absolute atomic E-state index is 0.188. The van der Waals surface area contributed by atoms with Crippen molar-refractivity contribution in [3.8, 4) is 0 Å². The van der Waals surface area contributed by atoms with Crippen LogP contribution in [0.4, 0.5) is 0 Å². The van der Waals surface area contributed by atoms with Crippen LogP contribution < -0.4 is 9.79 Å². The van der Waals surface area contributed by atoms with Gasteiger partial charge in [-0.2, -0.15) is 0 Å². The molecule has 2 aromatic rings. The second-order valence-electron chi connectivity index (χ2n) is 22.6. The Balaban J connectivity index is 0.000000310. The van der Waals surface area contributed by atoms with Crippen LogP contribution in [0, 0.1) is 0 Å². The number of nitrogens with zero attached hydrogens (tertiary/aromatic N) is 10. The first kappa shape index (κ1) is 73.8. The van der Waals surface area contributed by atoms with E-state index in [9.17, 15) is 23.9 Å². The Hall–Kier alpha value is -6.69. The summed E-state index contributed by atoms with van der Waals surface area (Å²) in [6.45, 7) is 19.8. The van der Waals surface area contributed by atoms with E-state index in [4.69, 9.17) is 14.5 Å². The Morgan fingerprint density at radius 3 is 1.10 bits per heavy atom. The predicted octanol–water partition coefficient (Wildman–Crippen LogP) is 12.5. The van der Waals surface area contributed by atoms with Gasteiger partial charge in [0.2, 0.25) is 63.4 Å². The second-order valence-corrected chi connectivity index (χ2v) is 23.8. The Bertz CT molecular complexity index is 2840. The Kier molecular flexibility index (Phi) is 38.2. The van der Waals surface area contributed by atoms with Crippen molar-refractivity contribution in [3.63, 3.8) is 0 Å². The van der Waals surface area contributed by atoms with Crippen LogP contribution in [0.3, 0.4) is 0 Å². The predicted molar refractivity (Wildman–Crippen MR) is 338 cm³/mol. The zero-order valence-corrected chi connectivity index (χ0v) is 54.8. The first-order valence-corrected chi connectivity index (χ1v) is 34.4. The van der Waals surface area contributed by atoms with Crippen molar-refractivity contribution in [3.05, 3.63) is 134 Å². The van der Waals surface area contributed by atoms with Crippen LogP contribution in [0.5, 0.6) is 0 Å². The minimum Gasteiger partial charge on any atom is -0.790 e. The lowest BCUT2D eigenvalue weighted by molar-refractivity contribution is -0.493. The molecule has 4 aliphatic heterocycles. The van der Waals surface area contributed by atoms with Gasteiger partial charge >= 0.3 is 36.0 Å². The molecule has 19 heteroatoms. The van der Waals surface area contributed by atoms with E-state index in [0.717, 1.165) is 81.1 Å². The van der Waals surface area contributed by atoms with Gasteiger partial charge in [-0.3, -0.25) is 9.59 Å². The highest BCUT2D eigenvalue weighted by atomic mass is 31.2. The molecule has 1 atom stereocenters. The lowest BCUT2D eigenvalue weighted by atomic mass is 10.0. The van der Waals surface area contributed by atoms with Crippen molar-refractivity contribution >= 4 is 43.8 Å². The molecular formula is C69H105N10O8P+6. The summed E-state index contributed by atoms with van der Waals surface area (Å²) in [5.74, 6) is -0.945. The number of pyridine rings is 2. The molecule has 0 saturated heterocycles. The maximum atomic E-state index is 12.3. The van der Waals surface area contributed by atoms with Crippen molar-refractivity contribution in [1.82, 2.24) is 9.97 Å². The molecule has 88 heavy (non-hydrogen) atoms. The van der Waals surface area contributed by atoms with Crippen LogP contribution in [0.2, 0.25) is 0 Å². The highest BCUT2D eigenvalue weighted by molar-refractivity contribution is 7.43. The van der Waals surface area contributed by atoms with Crippen LogP contribution in [0.15, 0.2) is 112 Å². The zero-order valence-electron chi connectivity index (χ0n) is 53.9. The van der Waals surface area contributed by atoms with Gasteiger partial charge in [-0.1, -0.05) is 217 Å². The zero-order chi connectivity index (χ0) is 63.3. The highest BCUT2D eigenvalue weighted by Crippen LogP contribution is 2.25. The monoisotopic (exact) mass is 1230 g/mol. The highest BCUT2D eigenvalue weighted by Gasteiger charge is 2.22. The van der Waals surface area contributed by atoms with Crippen LogP contribution in [-0.2, 0) is 54.3 Å². The van der Waals surface area contributed by atoms with Gasteiger partial charge < -0.3 is 28.3 Å². The second kappa shape index (κ2) is 45.5. The number of esters is 2. The van der Waals surface area contributed by atoms with E-state index in [1.165, 1.54) is 122 Å². The maximum Gasteiger partial charge on any atom is 0.495 e. The number of aromatic nitrogens is 2. The molecule has 478 valence electrons. The van der Waals surface area contributed by atoms with Crippen LogP contribution >= 0.6 is 7.82 Å². The molecule has 0 saturated carbocycles. The number of phosphoric ester groups is 1. The quantitative estimate of drug-likeness (QED) is 0.0268. The molecule has 1 unspecified atom stereocenters. The largest absolute Gasteiger partial charge is 0.790 e. The molecule has 0 bridgehead atoms. The third kappa shape index (κ3) is 34.7. The molecule has 0 spiro atoms. The van der Waals surface area contributed by atoms with Gasteiger partial charge in [-0.25, -0.2) is 9.97 Å². The number of hydrogen-bond acceptors (Lipinski definition) is 10. The fraction of sp³-hybridized carbons (Fsp3) is 0.594. The number of ether oxygens (including phenoxy) is 2. The molecule has 0 N–H and O–H groups in total. The average Bonchev–Trinajstić information content (AvgIpc) is 4.58. The summed E-state index contributed by atoms with van der Waals surface area (Å²) in [5, 5.41) is 0. The smallest absolute Gasteiger partial charge is 0.495 e. The summed E-state index contributed by atoms with van der Waals surface area (Å²) in [6.07, 6.45) is 49.9. The van der Waals surface area contributed by atoms with Gasteiger partial charge in [-0.05, 0) is 64.1 Å². The van der Waals surface area contributed by atoms with Crippen LogP contribution in [0.1, 0.15) is 230 Å². The molecule has 6 rings (SSSR count). The van der Waals surface area contributed by atoms with E-state index < -0.39 is 32.5 Å². The minimum atomic E-state index is -5.24. The Labute approximate surface area is 526 Å². The first-order chi connectivity index (χ1) is 42.8. The maximum absolute atomic E-state index is 12.3. The normalized spacial score (nSPS) is 13.9. The Morgan fingerprint density at radius 2 is 0.784 bits per heavy atom. The first-order valence-electron chi connectivity index (χ1n) is 32.9. The lowest BCUT2D eigenvalue weighted by Gasteiger charge is -2.30. The fourth-order valence-corrected chi connectivity index (χ4v) is 10.3. The van der Waals surface area contributed by atoms with E-state index in [1.807, 2.05) is 95.3 Å². The number of carbonyl (C=O) groups is 2. The van der Waals surface area contributed by atoms with Gasteiger partial charge in [0.15, 0.2) is 31.6 Å². The van der Waals surface area contributed by atoms with Crippen molar-refractivity contribution < 1.29 is 74.5 Å². The van der Waals surface area contributed by atoms with Gasteiger partial charge in [-0.15, -0.1) is 0 Å². The molecule has 6 heterocycles. The molecule has 4 aliphatic rings.